The van der Waals surface area contributed by atoms with E-state index in [9.17, 15) is 8.42 Å². The van der Waals surface area contributed by atoms with Gasteiger partial charge >= 0.3 is 0 Å². The van der Waals surface area contributed by atoms with E-state index in [4.69, 9.17) is 18.0 Å². The molecule has 6 heteroatoms. The molecule has 1 saturated heterocycles. The molecule has 0 aromatic carbocycles. The van der Waals surface area contributed by atoms with Crippen LogP contribution < -0.4 is 5.73 Å². The molecule has 0 aliphatic carbocycles. The van der Waals surface area contributed by atoms with Gasteiger partial charge in [0.25, 0.3) is 0 Å². The Morgan fingerprint density at radius 2 is 1.88 bits per heavy atom. The van der Waals surface area contributed by atoms with Crippen molar-refractivity contribution in [2.75, 3.05) is 13.1 Å². The first-order chi connectivity index (χ1) is 7.30. The minimum absolute atomic E-state index is 0.0784. The molecule has 4 nitrogen and oxygen atoms in total. The highest BCUT2D eigenvalue weighted by atomic mass is 32.2. The molecule has 1 aliphatic rings. The fourth-order valence-electron chi connectivity index (χ4n) is 2.02. The summed E-state index contributed by atoms with van der Waals surface area (Å²) in [6.07, 6.45) is 0.441. The lowest BCUT2D eigenvalue weighted by atomic mass is 10.0. The van der Waals surface area contributed by atoms with Gasteiger partial charge in [-0.3, -0.25) is 0 Å². The van der Waals surface area contributed by atoms with Crippen LogP contribution in [0.15, 0.2) is 0 Å². The summed E-state index contributed by atoms with van der Waals surface area (Å²) >= 11 is 4.83. The van der Waals surface area contributed by atoms with Gasteiger partial charge in [0, 0.05) is 13.1 Å². The van der Waals surface area contributed by atoms with Gasteiger partial charge in [-0.05, 0) is 18.3 Å². The lowest BCUT2D eigenvalue weighted by Gasteiger charge is -2.22. The number of thiocarbonyl (C=S) groups is 1. The molecule has 1 heterocycles. The first kappa shape index (κ1) is 13.9. The van der Waals surface area contributed by atoms with Crippen LogP contribution in [0.25, 0.3) is 0 Å². The molecule has 0 radical (unpaired) electrons. The van der Waals surface area contributed by atoms with Crippen molar-refractivity contribution in [1.82, 2.24) is 4.31 Å². The summed E-state index contributed by atoms with van der Waals surface area (Å²) in [5.74, 6) is 0.803. The van der Waals surface area contributed by atoms with E-state index in [1.807, 2.05) is 0 Å². The minimum Gasteiger partial charge on any atom is -0.392 e. The smallest absolute Gasteiger partial charge is 0.223 e. The number of rotatable bonds is 4. The van der Waals surface area contributed by atoms with Crippen molar-refractivity contribution in [1.29, 1.82) is 0 Å². The van der Waals surface area contributed by atoms with Crippen molar-refractivity contribution in [3.63, 3.8) is 0 Å². The molecule has 1 rings (SSSR count). The van der Waals surface area contributed by atoms with Crippen LogP contribution in [0.5, 0.6) is 0 Å². The molecule has 3 unspecified atom stereocenters. The molecule has 2 N–H and O–H groups in total. The molecular weight excluding hydrogens is 244 g/mol. The average Bonchev–Trinajstić information content (AvgIpc) is 2.47. The summed E-state index contributed by atoms with van der Waals surface area (Å²) < 4.78 is 26.0. The van der Waals surface area contributed by atoms with Crippen LogP contribution >= 0.6 is 12.2 Å². The molecule has 1 aliphatic heterocycles. The third kappa shape index (κ3) is 2.55. The van der Waals surface area contributed by atoms with Crippen LogP contribution in [0.2, 0.25) is 0 Å². The molecular formula is C10H20N2O2S2. The van der Waals surface area contributed by atoms with E-state index < -0.39 is 15.3 Å². The predicted octanol–water partition coefficient (Wildman–Crippen LogP) is 0.969. The van der Waals surface area contributed by atoms with Crippen molar-refractivity contribution >= 4 is 27.2 Å². The van der Waals surface area contributed by atoms with Crippen molar-refractivity contribution in [3.8, 4) is 0 Å². The van der Waals surface area contributed by atoms with Crippen LogP contribution in [-0.4, -0.2) is 36.1 Å². The zero-order valence-corrected chi connectivity index (χ0v) is 11.6. The number of nitrogens with zero attached hydrogens (tertiary/aromatic N) is 1. The van der Waals surface area contributed by atoms with Crippen LogP contribution in [-0.2, 0) is 10.0 Å². The van der Waals surface area contributed by atoms with Crippen LogP contribution in [0, 0.1) is 11.8 Å². The summed E-state index contributed by atoms with van der Waals surface area (Å²) in [6, 6.07) is 0. The van der Waals surface area contributed by atoms with Gasteiger partial charge in [-0.2, -0.15) is 0 Å². The summed E-state index contributed by atoms with van der Waals surface area (Å²) in [4.78, 5) is 0.0784. The molecule has 0 bridgehead atoms. The SMILES string of the molecule is CCC(C(N)=S)S(=O)(=O)N1CC(C)C(C)C1. The van der Waals surface area contributed by atoms with E-state index in [1.54, 1.807) is 6.92 Å². The second kappa shape index (κ2) is 4.98. The maximum atomic E-state index is 12.3. The van der Waals surface area contributed by atoms with Gasteiger partial charge in [-0.15, -0.1) is 0 Å². The Morgan fingerprint density at radius 1 is 1.44 bits per heavy atom. The lowest BCUT2D eigenvalue weighted by molar-refractivity contribution is 0.458. The molecule has 0 amide bonds. The fourth-order valence-corrected chi connectivity index (χ4v) is 4.52. The van der Waals surface area contributed by atoms with Gasteiger partial charge in [-0.1, -0.05) is 33.0 Å². The molecule has 1 fully saturated rings. The van der Waals surface area contributed by atoms with Gasteiger partial charge in [-0.25, -0.2) is 12.7 Å². The summed E-state index contributed by atoms with van der Waals surface area (Å²) in [7, 11) is -3.35. The Balaban J connectivity index is 2.90. The average molecular weight is 264 g/mol. The largest absolute Gasteiger partial charge is 0.392 e. The quantitative estimate of drug-likeness (QED) is 0.769. The zero-order chi connectivity index (χ0) is 12.5. The van der Waals surface area contributed by atoms with E-state index in [1.165, 1.54) is 4.31 Å². The molecule has 0 aromatic rings. The van der Waals surface area contributed by atoms with E-state index >= 15 is 0 Å². The van der Waals surface area contributed by atoms with Gasteiger partial charge in [0.05, 0.1) is 4.99 Å². The highest BCUT2D eigenvalue weighted by molar-refractivity contribution is 7.92. The molecule has 0 spiro atoms. The number of hydrogen-bond acceptors (Lipinski definition) is 3. The van der Waals surface area contributed by atoms with E-state index in [0.29, 0.717) is 31.3 Å². The number of hydrogen-bond donors (Lipinski definition) is 1. The van der Waals surface area contributed by atoms with Gasteiger partial charge in [0.15, 0.2) is 0 Å². The first-order valence-electron chi connectivity index (χ1n) is 5.59. The van der Waals surface area contributed by atoms with E-state index in [0.717, 1.165) is 0 Å². The van der Waals surface area contributed by atoms with Gasteiger partial charge in [0.2, 0.25) is 10.0 Å². The van der Waals surface area contributed by atoms with Crippen LogP contribution in [0.1, 0.15) is 27.2 Å². The van der Waals surface area contributed by atoms with Crippen molar-refractivity contribution in [2.24, 2.45) is 17.6 Å². The first-order valence-corrected chi connectivity index (χ1v) is 7.50. The standard InChI is InChI=1S/C10H20N2O2S2/c1-4-9(10(11)15)16(13,14)12-5-7(2)8(3)6-12/h7-9H,4-6H2,1-3H3,(H2,11,15). The maximum absolute atomic E-state index is 12.3. The van der Waals surface area contributed by atoms with Crippen LogP contribution in [0.4, 0.5) is 0 Å². The third-order valence-electron chi connectivity index (χ3n) is 3.36. The number of sulfonamides is 1. The maximum Gasteiger partial charge on any atom is 0.223 e. The van der Waals surface area contributed by atoms with Gasteiger partial charge in [0.1, 0.15) is 5.25 Å². The van der Waals surface area contributed by atoms with Crippen LogP contribution in [0.3, 0.4) is 0 Å². The topological polar surface area (TPSA) is 63.4 Å². The molecule has 0 saturated carbocycles. The minimum atomic E-state index is -3.35. The zero-order valence-electron chi connectivity index (χ0n) is 10.0. The third-order valence-corrected chi connectivity index (χ3v) is 6.12. The van der Waals surface area contributed by atoms with Crippen molar-refractivity contribution < 1.29 is 8.42 Å². The second-order valence-corrected chi connectivity index (χ2v) is 7.20. The predicted molar refractivity (Wildman–Crippen MR) is 69.7 cm³/mol. The Hall–Kier alpha value is -0.200. The van der Waals surface area contributed by atoms with Gasteiger partial charge < -0.3 is 5.73 Å². The molecule has 16 heavy (non-hydrogen) atoms. The Bertz CT molecular complexity index is 357. The highest BCUT2D eigenvalue weighted by Crippen LogP contribution is 2.27. The summed E-state index contributed by atoms with van der Waals surface area (Å²) in [6.45, 7) is 7.11. The van der Waals surface area contributed by atoms with Crippen molar-refractivity contribution in [3.05, 3.63) is 0 Å². The monoisotopic (exact) mass is 264 g/mol. The lowest BCUT2D eigenvalue weighted by Crippen LogP contribution is -2.43. The molecule has 94 valence electrons. The number of nitrogens with two attached hydrogens (primary N) is 1. The van der Waals surface area contributed by atoms with Crippen molar-refractivity contribution in [2.45, 2.75) is 32.4 Å². The highest BCUT2D eigenvalue weighted by Gasteiger charge is 2.39. The van der Waals surface area contributed by atoms with E-state index in [2.05, 4.69) is 13.8 Å². The Morgan fingerprint density at radius 3 is 2.19 bits per heavy atom. The Kier molecular flexibility index (Phi) is 4.31. The summed E-state index contributed by atoms with van der Waals surface area (Å²) in [5.41, 5.74) is 5.50. The Labute approximate surface area is 103 Å². The summed E-state index contributed by atoms with van der Waals surface area (Å²) in [5, 5.41) is -0.708. The normalized spacial score (nSPS) is 29.2. The fraction of sp³-hybridized carbons (Fsp3) is 0.900. The molecule has 0 aromatic heterocycles. The van der Waals surface area contributed by atoms with E-state index in [-0.39, 0.29) is 4.99 Å². The second-order valence-electron chi connectivity index (χ2n) is 4.62. The molecule has 3 atom stereocenters.